The van der Waals surface area contributed by atoms with Gasteiger partial charge < -0.3 is 15.5 Å². The van der Waals surface area contributed by atoms with Crippen LogP contribution in [0.5, 0.6) is 0 Å². The van der Waals surface area contributed by atoms with Crippen LogP contribution in [-0.2, 0) is 0 Å². The van der Waals surface area contributed by atoms with Gasteiger partial charge in [-0.3, -0.25) is 0 Å². The van der Waals surface area contributed by atoms with Gasteiger partial charge in [0, 0.05) is 31.4 Å². The first-order valence-corrected chi connectivity index (χ1v) is 6.02. The van der Waals surface area contributed by atoms with Crippen LogP contribution in [0.2, 0.25) is 0 Å². The second-order valence-corrected chi connectivity index (χ2v) is 4.55. The topological polar surface area (TPSA) is 44.4 Å². The number of nitrogens with zero attached hydrogens (tertiary/aromatic N) is 1. The van der Waals surface area contributed by atoms with E-state index in [0.29, 0.717) is 0 Å². The van der Waals surface area contributed by atoms with Gasteiger partial charge in [-0.25, -0.2) is 4.79 Å². The van der Waals surface area contributed by atoms with Crippen LogP contribution in [0, 0.1) is 6.92 Å². The van der Waals surface area contributed by atoms with Crippen molar-refractivity contribution in [2.45, 2.75) is 19.9 Å². The van der Waals surface area contributed by atoms with E-state index in [9.17, 15) is 4.79 Å². The van der Waals surface area contributed by atoms with Gasteiger partial charge in [-0.05, 0) is 31.5 Å². The number of rotatable bonds is 1. The van der Waals surface area contributed by atoms with Crippen molar-refractivity contribution in [1.82, 2.24) is 10.2 Å². The van der Waals surface area contributed by atoms with Crippen LogP contribution in [-0.4, -0.2) is 36.6 Å². The van der Waals surface area contributed by atoms with Crippen molar-refractivity contribution in [1.29, 1.82) is 0 Å². The number of hydrogen-bond donors (Lipinski definition) is 2. The van der Waals surface area contributed by atoms with Gasteiger partial charge in [0.2, 0.25) is 0 Å². The number of amides is 2. The van der Waals surface area contributed by atoms with E-state index >= 15 is 0 Å². The predicted octanol–water partition coefficient (Wildman–Crippen LogP) is 1.82. The van der Waals surface area contributed by atoms with Crippen LogP contribution in [0.4, 0.5) is 10.5 Å². The molecule has 1 aromatic carbocycles. The SMILES string of the molecule is Cc1cccc(NC(=O)N2CCNC[C@H]2C)c1. The van der Waals surface area contributed by atoms with Gasteiger partial charge in [0.25, 0.3) is 0 Å². The standard InChI is InChI=1S/C13H19N3O/c1-10-4-3-5-12(8-10)15-13(17)16-7-6-14-9-11(16)2/h3-5,8,11,14H,6-7,9H2,1-2H3,(H,15,17)/t11-/m1/s1. The highest BCUT2D eigenvalue weighted by Crippen LogP contribution is 2.12. The van der Waals surface area contributed by atoms with Gasteiger partial charge in [0.1, 0.15) is 0 Å². The molecule has 0 saturated carbocycles. The molecule has 2 N–H and O–H groups in total. The summed E-state index contributed by atoms with van der Waals surface area (Å²) in [5.41, 5.74) is 2.01. The first-order chi connectivity index (χ1) is 8.16. The molecule has 0 bridgehead atoms. The summed E-state index contributed by atoms with van der Waals surface area (Å²) in [7, 11) is 0. The Morgan fingerprint density at radius 2 is 2.35 bits per heavy atom. The zero-order valence-corrected chi connectivity index (χ0v) is 10.4. The van der Waals surface area contributed by atoms with Gasteiger partial charge >= 0.3 is 6.03 Å². The second-order valence-electron chi connectivity index (χ2n) is 4.55. The predicted molar refractivity (Wildman–Crippen MR) is 69.2 cm³/mol. The van der Waals surface area contributed by atoms with Crippen molar-refractivity contribution in [3.8, 4) is 0 Å². The monoisotopic (exact) mass is 233 g/mol. The fraction of sp³-hybridized carbons (Fsp3) is 0.462. The van der Waals surface area contributed by atoms with Crippen LogP contribution >= 0.6 is 0 Å². The Hall–Kier alpha value is -1.55. The molecule has 0 radical (unpaired) electrons. The van der Waals surface area contributed by atoms with Gasteiger partial charge in [0.05, 0.1) is 0 Å². The van der Waals surface area contributed by atoms with E-state index < -0.39 is 0 Å². The average molecular weight is 233 g/mol. The number of urea groups is 1. The number of carbonyl (C=O) groups excluding carboxylic acids is 1. The number of piperazine rings is 1. The molecular formula is C13H19N3O. The molecule has 2 amide bonds. The lowest BCUT2D eigenvalue weighted by Crippen LogP contribution is -2.53. The molecule has 0 aliphatic carbocycles. The van der Waals surface area contributed by atoms with Crippen molar-refractivity contribution >= 4 is 11.7 Å². The molecule has 1 aliphatic heterocycles. The molecule has 92 valence electrons. The lowest BCUT2D eigenvalue weighted by molar-refractivity contribution is 0.177. The van der Waals surface area contributed by atoms with Crippen LogP contribution in [0.1, 0.15) is 12.5 Å². The van der Waals surface area contributed by atoms with E-state index in [1.807, 2.05) is 36.1 Å². The maximum Gasteiger partial charge on any atom is 0.322 e. The molecule has 1 heterocycles. The summed E-state index contributed by atoms with van der Waals surface area (Å²) < 4.78 is 0. The Bertz CT molecular complexity index is 405. The van der Waals surface area contributed by atoms with E-state index in [1.54, 1.807) is 0 Å². The smallest absolute Gasteiger partial charge is 0.319 e. The fourth-order valence-corrected chi connectivity index (χ4v) is 2.06. The summed E-state index contributed by atoms with van der Waals surface area (Å²) >= 11 is 0. The number of carbonyl (C=O) groups is 1. The molecular weight excluding hydrogens is 214 g/mol. The van der Waals surface area contributed by atoms with Crippen LogP contribution < -0.4 is 10.6 Å². The zero-order chi connectivity index (χ0) is 12.3. The van der Waals surface area contributed by atoms with Crippen LogP contribution in [0.3, 0.4) is 0 Å². The Labute approximate surface area is 102 Å². The van der Waals surface area contributed by atoms with Crippen molar-refractivity contribution in [2.75, 3.05) is 25.0 Å². The molecule has 0 spiro atoms. The van der Waals surface area contributed by atoms with Crippen molar-refractivity contribution in [3.63, 3.8) is 0 Å². The van der Waals surface area contributed by atoms with Crippen LogP contribution in [0.15, 0.2) is 24.3 Å². The number of nitrogens with one attached hydrogen (secondary N) is 2. The number of hydrogen-bond acceptors (Lipinski definition) is 2. The van der Waals surface area contributed by atoms with E-state index in [2.05, 4.69) is 17.6 Å². The lowest BCUT2D eigenvalue weighted by Gasteiger charge is -2.33. The summed E-state index contributed by atoms with van der Waals surface area (Å²) in [6.45, 7) is 6.57. The Morgan fingerprint density at radius 3 is 3.06 bits per heavy atom. The molecule has 0 unspecified atom stereocenters. The molecule has 1 saturated heterocycles. The second kappa shape index (κ2) is 5.19. The lowest BCUT2D eigenvalue weighted by atomic mass is 10.2. The maximum absolute atomic E-state index is 12.1. The van der Waals surface area contributed by atoms with E-state index in [1.165, 1.54) is 0 Å². The van der Waals surface area contributed by atoms with Crippen molar-refractivity contribution in [3.05, 3.63) is 29.8 Å². The minimum absolute atomic E-state index is 0.00963. The summed E-state index contributed by atoms with van der Waals surface area (Å²) in [5.74, 6) is 0. The number of aryl methyl sites for hydroxylation is 1. The van der Waals surface area contributed by atoms with Gasteiger partial charge in [0.15, 0.2) is 0 Å². The van der Waals surface area contributed by atoms with Crippen molar-refractivity contribution in [2.24, 2.45) is 0 Å². The first kappa shape index (κ1) is 11.9. The molecule has 1 fully saturated rings. The van der Waals surface area contributed by atoms with Gasteiger partial charge in [-0.15, -0.1) is 0 Å². The zero-order valence-electron chi connectivity index (χ0n) is 10.4. The van der Waals surface area contributed by atoms with E-state index in [4.69, 9.17) is 0 Å². The molecule has 2 rings (SSSR count). The number of anilines is 1. The highest BCUT2D eigenvalue weighted by molar-refractivity contribution is 5.89. The minimum Gasteiger partial charge on any atom is -0.319 e. The third kappa shape index (κ3) is 2.97. The highest BCUT2D eigenvalue weighted by Gasteiger charge is 2.22. The molecule has 0 aromatic heterocycles. The first-order valence-electron chi connectivity index (χ1n) is 6.02. The van der Waals surface area contributed by atoms with Crippen LogP contribution in [0.25, 0.3) is 0 Å². The van der Waals surface area contributed by atoms with Crippen molar-refractivity contribution < 1.29 is 4.79 Å². The molecule has 1 aromatic rings. The normalized spacial score (nSPS) is 20.1. The quantitative estimate of drug-likeness (QED) is 0.777. The third-order valence-corrected chi connectivity index (χ3v) is 3.03. The summed E-state index contributed by atoms with van der Waals surface area (Å²) in [6, 6.07) is 8.09. The molecule has 17 heavy (non-hydrogen) atoms. The molecule has 4 nitrogen and oxygen atoms in total. The third-order valence-electron chi connectivity index (χ3n) is 3.03. The molecule has 1 atom stereocenters. The summed E-state index contributed by atoms with van der Waals surface area (Å²) in [4.78, 5) is 14.0. The Kier molecular flexibility index (Phi) is 3.64. The summed E-state index contributed by atoms with van der Waals surface area (Å²) in [6.07, 6.45) is 0. The van der Waals surface area contributed by atoms with E-state index in [0.717, 1.165) is 30.9 Å². The maximum atomic E-state index is 12.1. The highest BCUT2D eigenvalue weighted by atomic mass is 16.2. The summed E-state index contributed by atoms with van der Waals surface area (Å²) in [5, 5.41) is 6.21. The largest absolute Gasteiger partial charge is 0.322 e. The molecule has 4 heteroatoms. The Balaban J connectivity index is 2.01. The van der Waals surface area contributed by atoms with Gasteiger partial charge in [-0.2, -0.15) is 0 Å². The fourth-order valence-electron chi connectivity index (χ4n) is 2.06. The minimum atomic E-state index is -0.00963. The van der Waals surface area contributed by atoms with E-state index in [-0.39, 0.29) is 12.1 Å². The molecule has 1 aliphatic rings. The van der Waals surface area contributed by atoms with Gasteiger partial charge in [-0.1, -0.05) is 12.1 Å². The number of benzene rings is 1. The average Bonchev–Trinajstić information content (AvgIpc) is 2.29. The Morgan fingerprint density at radius 1 is 1.53 bits per heavy atom.